The number of carbonyl (C=O) groups excluding carboxylic acids is 1. The number of amides is 1. The summed E-state index contributed by atoms with van der Waals surface area (Å²) in [6.07, 6.45) is 5.54. The van der Waals surface area contributed by atoms with E-state index in [1.165, 1.54) is 19.3 Å². The van der Waals surface area contributed by atoms with Crippen molar-refractivity contribution in [3.63, 3.8) is 0 Å². The summed E-state index contributed by atoms with van der Waals surface area (Å²) in [7, 11) is 1.55. The summed E-state index contributed by atoms with van der Waals surface area (Å²) in [6.45, 7) is 3.04. The zero-order valence-electron chi connectivity index (χ0n) is 10.4. The van der Waals surface area contributed by atoms with Gasteiger partial charge in [0.25, 0.3) is 5.91 Å². The molecule has 0 spiro atoms. The molecular weight excluding hydrogens is 204 g/mol. The minimum atomic E-state index is -0.470. The summed E-state index contributed by atoms with van der Waals surface area (Å²) in [4.78, 5) is 14.1. The monoisotopic (exact) mass is 228 g/mol. The van der Waals surface area contributed by atoms with Crippen LogP contribution < -0.4 is 5.73 Å². The first kappa shape index (κ1) is 13.5. The summed E-state index contributed by atoms with van der Waals surface area (Å²) < 4.78 is 5.12. The highest BCUT2D eigenvalue weighted by molar-refractivity contribution is 5.81. The lowest BCUT2D eigenvalue weighted by Crippen LogP contribution is -2.49. The van der Waals surface area contributed by atoms with Gasteiger partial charge in [-0.1, -0.05) is 19.3 Å². The van der Waals surface area contributed by atoms with Crippen LogP contribution in [0.4, 0.5) is 0 Å². The Morgan fingerprint density at radius 2 is 2.06 bits per heavy atom. The number of hydrogen-bond donors (Lipinski definition) is 1. The van der Waals surface area contributed by atoms with E-state index in [1.807, 2.05) is 11.8 Å². The van der Waals surface area contributed by atoms with Crippen molar-refractivity contribution in [1.82, 2.24) is 4.90 Å². The molecule has 0 radical (unpaired) electrons. The molecule has 2 N–H and O–H groups in total. The van der Waals surface area contributed by atoms with Crippen LogP contribution in [-0.4, -0.2) is 43.2 Å². The molecule has 1 rings (SSSR count). The molecule has 16 heavy (non-hydrogen) atoms. The van der Waals surface area contributed by atoms with Gasteiger partial charge in [0.05, 0.1) is 0 Å². The Bertz CT molecular complexity index is 211. The average Bonchev–Trinajstić information content (AvgIpc) is 2.33. The Hall–Kier alpha value is -0.610. The second kappa shape index (κ2) is 6.86. The third-order valence-electron chi connectivity index (χ3n) is 3.41. The van der Waals surface area contributed by atoms with Crippen molar-refractivity contribution in [3.05, 3.63) is 0 Å². The van der Waals surface area contributed by atoms with Gasteiger partial charge >= 0.3 is 0 Å². The Morgan fingerprint density at radius 1 is 1.44 bits per heavy atom. The first-order chi connectivity index (χ1) is 7.74. The molecule has 0 aromatic rings. The molecule has 1 fully saturated rings. The van der Waals surface area contributed by atoms with Crippen molar-refractivity contribution in [1.29, 1.82) is 0 Å². The van der Waals surface area contributed by atoms with Crippen LogP contribution in [0.3, 0.4) is 0 Å². The van der Waals surface area contributed by atoms with Gasteiger partial charge in [-0.15, -0.1) is 0 Å². The number of nitrogens with two attached hydrogens (primary N) is 1. The second-order valence-corrected chi connectivity index (χ2v) is 4.38. The molecule has 1 unspecified atom stereocenters. The van der Waals surface area contributed by atoms with E-state index in [2.05, 4.69) is 0 Å². The maximum Gasteiger partial charge on any atom is 0.253 e. The van der Waals surface area contributed by atoms with Crippen molar-refractivity contribution in [2.45, 2.75) is 51.2 Å². The number of methoxy groups -OCH3 is 1. The summed E-state index contributed by atoms with van der Waals surface area (Å²) in [5, 5.41) is 0. The zero-order valence-corrected chi connectivity index (χ0v) is 10.4. The molecule has 0 aliphatic heterocycles. The first-order valence-electron chi connectivity index (χ1n) is 6.27. The Labute approximate surface area is 98.1 Å². The van der Waals surface area contributed by atoms with Crippen LogP contribution in [0.1, 0.15) is 39.0 Å². The van der Waals surface area contributed by atoms with Gasteiger partial charge in [-0.25, -0.2) is 0 Å². The molecule has 1 saturated carbocycles. The van der Waals surface area contributed by atoms with E-state index in [0.717, 1.165) is 19.4 Å². The van der Waals surface area contributed by atoms with E-state index in [4.69, 9.17) is 10.5 Å². The van der Waals surface area contributed by atoms with Crippen LogP contribution in [0.5, 0.6) is 0 Å². The van der Waals surface area contributed by atoms with Gasteiger partial charge in [-0.2, -0.15) is 0 Å². The number of likely N-dealkylation sites (N-methyl/N-ethyl adjacent to an activating group) is 1. The van der Waals surface area contributed by atoms with E-state index in [9.17, 15) is 4.79 Å². The highest BCUT2D eigenvalue weighted by atomic mass is 16.5. The summed E-state index contributed by atoms with van der Waals surface area (Å²) >= 11 is 0. The molecule has 1 aliphatic rings. The maximum atomic E-state index is 12.2. The number of rotatable bonds is 5. The molecule has 0 aromatic carbocycles. The predicted molar refractivity (Wildman–Crippen MR) is 64.1 cm³/mol. The van der Waals surface area contributed by atoms with Gasteiger partial charge in [-0.05, 0) is 19.8 Å². The highest BCUT2D eigenvalue weighted by Crippen LogP contribution is 2.23. The lowest BCUT2D eigenvalue weighted by molar-refractivity contribution is -0.144. The molecule has 1 atom stereocenters. The SMILES string of the molecule is CCN(C(=O)C(CN)OC)C1CCCCC1. The van der Waals surface area contributed by atoms with Gasteiger partial charge in [0.1, 0.15) is 6.10 Å². The minimum Gasteiger partial charge on any atom is -0.370 e. The van der Waals surface area contributed by atoms with Crippen molar-refractivity contribution in [3.8, 4) is 0 Å². The summed E-state index contributed by atoms with van der Waals surface area (Å²) in [6, 6.07) is 0.399. The number of hydrogen-bond acceptors (Lipinski definition) is 3. The largest absolute Gasteiger partial charge is 0.370 e. The van der Waals surface area contributed by atoms with E-state index < -0.39 is 6.10 Å². The lowest BCUT2D eigenvalue weighted by Gasteiger charge is -2.35. The Balaban J connectivity index is 2.60. The van der Waals surface area contributed by atoms with Crippen LogP contribution >= 0.6 is 0 Å². The van der Waals surface area contributed by atoms with Crippen LogP contribution in [0.25, 0.3) is 0 Å². The molecule has 1 amide bonds. The zero-order chi connectivity index (χ0) is 12.0. The quantitative estimate of drug-likeness (QED) is 0.767. The lowest BCUT2D eigenvalue weighted by atomic mass is 9.94. The van der Waals surface area contributed by atoms with E-state index in [-0.39, 0.29) is 12.5 Å². The fourth-order valence-electron chi connectivity index (χ4n) is 2.47. The number of ether oxygens (including phenoxy) is 1. The van der Waals surface area contributed by atoms with E-state index in [0.29, 0.717) is 6.04 Å². The third kappa shape index (κ3) is 3.19. The van der Waals surface area contributed by atoms with Crippen molar-refractivity contribution < 1.29 is 9.53 Å². The maximum absolute atomic E-state index is 12.2. The van der Waals surface area contributed by atoms with Crippen LogP contribution in [-0.2, 0) is 9.53 Å². The third-order valence-corrected chi connectivity index (χ3v) is 3.41. The van der Waals surface area contributed by atoms with Gasteiger partial charge in [-0.3, -0.25) is 4.79 Å². The molecule has 0 bridgehead atoms. The summed E-state index contributed by atoms with van der Waals surface area (Å²) in [5.74, 6) is 0.0550. The molecular formula is C12H24N2O2. The van der Waals surface area contributed by atoms with Gasteiger partial charge in [0.2, 0.25) is 0 Å². The first-order valence-corrected chi connectivity index (χ1v) is 6.27. The summed E-state index contributed by atoms with van der Waals surface area (Å²) in [5.41, 5.74) is 5.53. The van der Waals surface area contributed by atoms with Crippen molar-refractivity contribution in [2.75, 3.05) is 20.2 Å². The van der Waals surface area contributed by atoms with E-state index in [1.54, 1.807) is 7.11 Å². The molecule has 0 heterocycles. The van der Waals surface area contributed by atoms with Crippen LogP contribution in [0.15, 0.2) is 0 Å². The van der Waals surface area contributed by atoms with Crippen LogP contribution in [0, 0.1) is 0 Å². The predicted octanol–water partition coefficient (Wildman–Crippen LogP) is 1.14. The van der Waals surface area contributed by atoms with Gasteiger partial charge < -0.3 is 15.4 Å². The molecule has 4 heteroatoms. The van der Waals surface area contributed by atoms with E-state index >= 15 is 0 Å². The topological polar surface area (TPSA) is 55.6 Å². The smallest absolute Gasteiger partial charge is 0.253 e. The van der Waals surface area contributed by atoms with Crippen molar-refractivity contribution >= 4 is 5.91 Å². The molecule has 4 nitrogen and oxygen atoms in total. The van der Waals surface area contributed by atoms with Crippen molar-refractivity contribution in [2.24, 2.45) is 5.73 Å². The molecule has 1 aliphatic carbocycles. The Kier molecular flexibility index (Phi) is 5.77. The minimum absolute atomic E-state index is 0.0550. The van der Waals surface area contributed by atoms with Gasteiger partial charge in [0.15, 0.2) is 0 Å². The molecule has 0 aromatic heterocycles. The highest BCUT2D eigenvalue weighted by Gasteiger charge is 2.28. The molecule has 0 saturated heterocycles. The van der Waals surface area contributed by atoms with Gasteiger partial charge in [0, 0.05) is 26.2 Å². The Morgan fingerprint density at radius 3 is 2.50 bits per heavy atom. The molecule has 94 valence electrons. The second-order valence-electron chi connectivity index (χ2n) is 4.38. The number of nitrogens with zero attached hydrogens (tertiary/aromatic N) is 1. The fraction of sp³-hybridized carbons (Fsp3) is 0.917. The van der Waals surface area contributed by atoms with Crippen LogP contribution in [0.2, 0.25) is 0 Å². The standard InChI is InChI=1S/C12H24N2O2/c1-3-14(10-7-5-4-6-8-10)12(15)11(9-13)16-2/h10-11H,3-9,13H2,1-2H3. The number of carbonyl (C=O) groups is 1. The fourth-order valence-corrected chi connectivity index (χ4v) is 2.47. The average molecular weight is 228 g/mol. The normalized spacial score (nSPS) is 19.4.